The summed E-state index contributed by atoms with van der Waals surface area (Å²) in [7, 11) is 0. The number of halogens is 6. The second kappa shape index (κ2) is 18.6. The molecule has 0 fully saturated rings. The van der Waals surface area contributed by atoms with Crippen LogP contribution < -0.4 is 4.74 Å². The van der Waals surface area contributed by atoms with Gasteiger partial charge >= 0.3 is 6.36 Å². The summed E-state index contributed by atoms with van der Waals surface area (Å²) in [5.41, 5.74) is 2.75. The van der Waals surface area contributed by atoms with Gasteiger partial charge in [-0.2, -0.15) is 0 Å². The van der Waals surface area contributed by atoms with E-state index in [1.54, 1.807) is 0 Å². The van der Waals surface area contributed by atoms with Gasteiger partial charge in [0, 0.05) is 25.8 Å². The van der Waals surface area contributed by atoms with E-state index in [9.17, 15) is 18.0 Å². The summed E-state index contributed by atoms with van der Waals surface area (Å²) in [6, 6.07) is 19.9. The van der Waals surface area contributed by atoms with Crippen molar-refractivity contribution in [2.75, 3.05) is 11.1 Å². The fraction of sp³-hybridized carbons (Fsp3) is 0.367. The molecular formula is C30H32BrCl2F3O2S. The van der Waals surface area contributed by atoms with E-state index in [2.05, 4.69) is 32.8 Å². The predicted molar refractivity (Wildman–Crippen MR) is 161 cm³/mol. The molecule has 9 heteroatoms. The Hall–Kier alpha value is -1.67. The molecule has 0 aliphatic carbocycles. The van der Waals surface area contributed by atoms with Crippen molar-refractivity contribution in [2.24, 2.45) is 0 Å². The molecule has 2 nitrogen and oxygen atoms in total. The third-order valence-electron chi connectivity index (χ3n) is 5.62. The van der Waals surface area contributed by atoms with E-state index >= 15 is 0 Å². The van der Waals surface area contributed by atoms with Gasteiger partial charge in [-0.3, -0.25) is 4.79 Å². The highest BCUT2D eigenvalue weighted by atomic mass is 79.9. The third kappa shape index (κ3) is 15.1. The molecule has 0 unspecified atom stereocenters. The van der Waals surface area contributed by atoms with Crippen LogP contribution in [-0.2, 0) is 12.8 Å². The number of hydrogen-bond acceptors (Lipinski definition) is 3. The molecule has 0 saturated carbocycles. The van der Waals surface area contributed by atoms with Crippen LogP contribution in [0, 0.1) is 0 Å². The molecule has 0 amide bonds. The number of ether oxygens (including phenoxy) is 1. The van der Waals surface area contributed by atoms with Gasteiger partial charge in [0.2, 0.25) is 0 Å². The first-order valence-corrected chi connectivity index (χ1v) is 15.6. The number of thioether (sulfide) groups is 1. The molecule has 0 heterocycles. The Labute approximate surface area is 251 Å². The average molecular weight is 664 g/mol. The maximum atomic E-state index is 12.5. The molecule has 0 saturated heterocycles. The summed E-state index contributed by atoms with van der Waals surface area (Å²) in [5, 5.41) is 2.65. The van der Waals surface area contributed by atoms with Crippen LogP contribution in [0.3, 0.4) is 0 Å². The highest BCUT2D eigenvalue weighted by Crippen LogP contribution is 2.34. The summed E-state index contributed by atoms with van der Waals surface area (Å²) in [4.78, 5) is 11.1. The Morgan fingerprint density at radius 1 is 0.769 bits per heavy atom. The van der Waals surface area contributed by atoms with Crippen molar-refractivity contribution >= 4 is 57.2 Å². The second-order valence-corrected chi connectivity index (χ2v) is 11.6. The Morgan fingerprint density at radius 3 is 1.79 bits per heavy atom. The van der Waals surface area contributed by atoms with Crippen molar-refractivity contribution in [3.05, 3.63) is 93.5 Å². The van der Waals surface area contributed by atoms with Gasteiger partial charge in [-0.05, 0) is 91.8 Å². The van der Waals surface area contributed by atoms with E-state index in [-0.39, 0.29) is 11.3 Å². The second-order valence-electron chi connectivity index (χ2n) is 8.78. The molecule has 0 aliphatic rings. The van der Waals surface area contributed by atoms with Crippen LogP contribution in [0.4, 0.5) is 13.2 Å². The zero-order chi connectivity index (χ0) is 28.5. The van der Waals surface area contributed by atoms with Crippen LogP contribution >= 0.6 is 50.9 Å². The minimum Gasteiger partial charge on any atom is -0.405 e. The van der Waals surface area contributed by atoms with Crippen LogP contribution in [-0.4, -0.2) is 23.7 Å². The largest absolute Gasteiger partial charge is 0.573 e. The van der Waals surface area contributed by atoms with E-state index in [1.807, 2.05) is 36.4 Å². The standard InChI is InChI=1S/C19H18ClF3O2S.C11H14BrCl/c20-16-8-5-14(6-9-16)4-2-1-3-11-26-18-10-7-15(13-24)12-17(18)25-19(21,22)23;12-9-3-1-2-4-10-5-7-11(13)8-6-10/h5-10,12-13H,1-4,11H2;5-8H,1-4,9H2. The maximum absolute atomic E-state index is 12.5. The first kappa shape index (κ1) is 33.5. The molecule has 0 bridgehead atoms. The van der Waals surface area contributed by atoms with Gasteiger partial charge in [-0.1, -0.05) is 82.3 Å². The molecule has 212 valence electrons. The monoisotopic (exact) mass is 662 g/mol. The van der Waals surface area contributed by atoms with Gasteiger partial charge in [0.05, 0.1) is 0 Å². The number of aldehydes is 1. The molecule has 0 radical (unpaired) electrons. The van der Waals surface area contributed by atoms with Gasteiger partial charge < -0.3 is 4.74 Å². The third-order valence-corrected chi connectivity index (χ3v) is 7.83. The topological polar surface area (TPSA) is 26.3 Å². The maximum Gasteiger partial charge on any atom is 0.573 e. The zero-order valence-electron chi connectivity index (χ0n) is 21.5. The highest BCUT2D eigenvalue weighted by molar-refractivity contribution is 9.09. The lowest BCUT2D eigenvalue weighted by Crippen LogP contribution is -2.17. The first-order valence-electron chi connectivity index (χ1n) is 12.7. The van der Waals surface area contributed by atoms with E-state index in [0.29, 0.717) is 22.0 Å². The molecule has 0 aliphatic heterocycles. The molecule has 0 spiro atoms. The van der Waals surface area contributed by atoms with Gasteiger partial charge in [0.15, 0.2) is 0 Å². The van der Waals surface area contributed by atoms with E-state index in [0.717, 1.165) is 42.1 Å². The summed E-state index contributed by atoms with van der Waals surface area (Å²) in [6.07, 6.45) is 4.51. The van der Waals surface area contributed by atoms with Crippen LogP contribution in [0.5, 0.6) is 5.75 Å². The molecule has 3 rings (SSSR count). The summed E-state index contributed by atoms with van der Waals surface area (Å²) in [6.45, 7) is 0. The number of aryl methyl sites for hydroxylation is 2. The fourth-order valence-electron chi connectivity index (χ4n) is 3.61. The van der Waals surface area contributed by atoms with Crippen molar-refractivity contribution in [3.8, 4) is 5.75 Å². The lowest BCUT2D eigenvalue weighted by atomic mass is 10.1. The van der Waals surface area contributed by atoms with Crippen LogP contribution in [0.25, 0.3) is 0 Å². The van der Waals surface area contributed by atoms with Gasteiger partial charge in [0.25, 0.3) is 0 Å². The summed E-state index contributed by atoms with van der Waals surface area (Å²) in [5.74, 6) is 0.350. The Bertz CT molecular complexity index is 1110. The minimum absolute atomic E-state index is 0.150. The molecular weight excluding hydrogens is 632 g/mol. The Balaban J connectivity index is 0.000000344. The number of alkyl halides is 4. The lowest BCUT2D eigenvalue weighted by Gasteiger charge is -2.13. The van der Waals surface area contributed by atoms with E-state index in [4.69, 9.17) is 23.2 Å². The Morgan fingerprint density at radius 2 is 1.31 bits per heavy atom. The van der Waals surface area contributed by atoms with Gasteiger partial charge in [-0.15, -0.1) is 24.9 Å². The van der Waals surface area contributed by atoms with Crippen molar-refractivity contribution in [3.63, 3.8) is 0 Å². The van der Waals surface area contributed by atoms with Crippen molar-refractivity contribution in [1.82, 2.24) is 0 Å². The minimum atomic E-state index is -4.78. The Kier molecular flexibility index (Phi) is 16.0. The molecule has 0 aromatic heterocycles. The zero-order valence-corrected chi connectivity index (χ0v) is 25.4. The number of unbranched alkanes of at least 4 members (excludes halogenated alkanes) is 4. The smallest absolute Gasteiger partial charge is 0.405 e. The average Bonchev–Trinajstić information content (AvgIpc) is 2.91. The molecule has 3 aromatic rings. The van der Waals surface area contributed by atoms with E-state index in [1.165, 1.54) is 60.7 Å². The molecule has 0 N–H and O–H groups in total. The van der Waals surface area contributed by atoms with Crippen molar-refractivity contribution in [2.45, 2.75) is 62.6 Å². The normalized spacial score (nSPS) is 11.0. The molecule has 39 heavy (non-hydrogen) atoms. The quantitative estimate of drug-likeness (QED) is 0.0743. The lowest BCUT2D eigenvalue weighted by molar-refractivity contribution is -0.275. The van der Waals surface area contributed by atoms with Crippen LogP contribution in [0.15, 0.2) is 71.6 Å². The van der Waals surface area contributed by atoms with E-state index < -0.39 is 6.36 Å². The number of carbonyl (C=O) groups is 1. The fourth-order valence-corrected chi connectivity index (χ4v) is 5.24. The van der Waals surface area contributed by atoms with Crippen LogP contribution in [0.2, 0.25) is 10.0 Å². The number of benzene rings is 3. The first-order chi connectivity index (χ1) is 18.7. The molecule has 3 aromatic carbocycles. The number of carbonyl (C=O) groups excluding carboxylic acids is 1. The summed E-state index contributed by atoms with van der Waals surface area (Å²) >= 11 is 16.4. The van der Waals surface area contributed by atoms with Gasteiger partial charge in [0.1, 0.15) is 12.0 Å². The SMILES string of the molecule is Clc1ccc(CCCCCBr)cc1.O=Cc1ccc(SCCCCCc2ccc(Cl)cc2)c(OC(F)(F)F)c1. The number of rotatable bonds is 14. The highest BCUT2D eigenvalue weighted by Gasteiger charge is 2.32. The summed E-state index contributed by atoms with van der Waals surface area (Å²) < 4.78 is 41.5. The van der Waals surface area contributed by atoms with Crippen LogP contribution in [0.1, 0.15) is 60.0 Å². The number of hydrogen-bond donors (Lipinski definition) is 0. The van der Waals surface area contributed by atoms with Gasteiger partial charge in [-0.25, -0.2) is 0 Å². The predicted octanol–water partition coefficient (Wildman–Crippen LogP) is 11.0. The molecule has 0 atom stereocenters. The van der Waals surface area contributed by atoms with Crippen molar-refractivity contribution < 1.29 is 22.7 Å². The van der Waals surface area contributed by atoms with Crippen molar-refractivity contribution in [1.29, 1.82) is 0 Å².